The summed E-state index contributed by atoms with van der Waals surface area (Å²) in [4.78, 5) is 1.99. The van der Waals surface area contributed by atoms with Gasteiger partial charge in [-0.25, -0.2) is 0 Å². The standard InChI is InChI=1S/C12H12Cl2N2O/c1-16(6-8-2-3-17-7-8)12-5-10(14)9(13)4-11(12)15/h2-5,7H,6,15H2,1H3. The van der Waals surface area contributed by atoms with Gasteiger partial charge in [0.25, 0.3) is 0 Å². The summed E-state index contributed by atoms with van der Waals surface area (Å²) in [5, 5.41) is 0.958. The second kappa shape index (κ2) is 4.90. The van der Waals surface area contributed by atoms with Crippen molar-refractivity contribution in [2.75, 3.05) is 17.7 Å². The van der Waals surface area contributed by atoms with Crippen molar-refractivity contribution in [3.8, 4) is 0 Å². The van der Waals surface area contributed by atoms with Gasteiger partial charge in [-0.1, -0.05) is 23.2 Å². The van der Waals surface area contributed by atoms with E-state index in [1.54, 1.807) is 24.7 Å². The molecule has 0 bridgehead atoms. The molecule has 0 fully saturated rings. The summed E-state index contributed by atoms with van der Waals surface area (Å²) in [6, 6.07) is 5.33. The molecule has 5 heteroatoms. The van der Waals surface area contributed by atoms with Gasteiger partial charge in [0.15, 0.2) is 0 Å². The molecule has 17 heavy (non-hydrogen) atoms. The number of rotatable bonds is 3. The van der Waals surface area contributed by atoms with E-state index in [4.69, 9.17) is 33.4 Å². The number of benzene rings is 1. The van der Waals surface area contributed by atoms with Gasteiger partial charge in [-0.3, -0.25) is 0 Å². The molecular weight excluding hydrogens is 259 g/mol. The Kier molecular flexibility index (Phi) is 3.50. The number of furan rings is 1. The summed E-state index contributed by atoms with van der Waals surface area (Å²) in [6.45, 7) is 0.693. The van der Waals surface area contributed by atoms with Crippen LogP contribution in [0, 0.1) is 0 Å². The van der Waals surface area contributed by atoms with Crippen LogP contribution in [0.3, 0.4) is 0 Å². The molecule has 0 aliphatic rings. The van der Waals surface area contributed by atoms with E-state index in [0.717, 1.165) is 11.3 Å². The average molecular weight is 271 g/mol. The normalized spacial score (nSPS) is 10.5. The molecule has 0 unspecified atom stereocenters. The first-order chi connectivity index (χ1) is 8.08. The van der Waals surface area contributed by atoms with Crippen LogP contribution < -0.4 is 10.6 Å². The van der Waals surface area contributed by atoms with Gasteiger partial charge in [0, 0.05) is 19.2 Å². The Balaban J connectivity index is 2.24. The van der Waals surface area contributed by atoms with Gasteiger partial charge >= 0.3 is 0 Å². The monoisotopic (exact) mass is 270 g/mol. The molecule has 0 atom stereocenters. The molecule has 1 aromatic heterocycles. The summed E-state index contributed by atoms with van der Waals surface area (Å²) in [5.41, 5.74) is 8.43. The van der Waals surface area contributed by atoms with Crippen LogP contribution in [0.5, 0.6) is 0 Å². The number of nitrogen functional groups attached to an aromatic ring is 1. The topological polar surface area (TPSA) is 42.4 Å². The van der Waals surface area contributed by atoms with Gasteiger partial charge in [0.2, 0.25) is 0 Å². The first kappa shape index (κ1) is 12.1. The number of halogens is 2. The van der Waals surface area contributed by atoms with Crippen molar-refractivity contribution in [2.45, 2.75) is 6.54 Å². The van der Waals surface area contributed by atoms with Crippen molar-refractivity contribution in [3.63, 3.8) is 0 Å². The number of nitrogens with two attached hydrogens (primary N) is 1. The zero-order chi connectivity index (χ0) is 12.4. The molecule has 2 N–H and O–H groups in total. The van der Waals surface area contributed by atoms with E-state index < -0.39 is 0 Å². The lowest BCUT2D eigenvalue weighted by atomic mass is 10.2. The highest BCUT2D eigenvalue weighted by molar-refractivity contribution is 6.42. The molecule has 0 saturated heterocycles. The molecule has 90 valence electrons. The fourth-order valence-corrected chi connectivity index (χ4v) is 1.95. The van der Waals surface area contributed by atoms with E-state index in [9.17, 15) is 0 Å². The van der Waals surface area contributed by atoms with Crippen LogP contribution in [0.25, 0.3) is 0 Å². The predicted molar refractivity (Wildman–Crippen MR) is 71.7 cm³/mol. The van der Waals surface area contributed by atoms with Gasteiger partial charge in [-0.2, -0.15) is 0 Å². The maximum absolute atomic E-state index is 5.98. The summed E-state index contributed by atoms with van der Waals surface area (Å²) < 4.78 is 5.02. The van der Waals surface area contributed by atoms with E-state index >= 15 is 0 Å². The highest BCUT2D eigenvalue weighted by atomic mass is 35.5. The van der Waals surface area contributed by atoms with Gasteiger partial charge < -0.3 is 15.1 Å². The summed E-state index contributed by atoms with van der Waals surface area (Å²) in [7, 11) is 1.93. The molecule has 2 aromatic rings. The lowest BCUT2D eigenvalue weighted by molar-refractivity contribution is 0.563. The Morgan fingerprint density at radius 2 is 2.00 bits per heavy atom. The third-order valence-electron chi connectivity index (χ3n) is 2.48. The first-order valence-electron chi connectivity index (χ1n) is 5.04. The second-order valence-corrected chi connectivity index (χ2v) is 4.63. The molecule has 1 heterocycles. The maximum atomic E-state index is 5.98. The van der Waals surface area contributed by atoms with E-state index in [1.807, 2.05) is 18.0 Å². The Labute approximate surface area is 110 Å². The van der Waals surface area contributed by atoms with Gasteiger partial charge in [-0.05, 0) is 18.2 Å². The average Bonchev–Trinajstić information content (AvgIpc) is 2.76. The zero-order valence-corrected chi connectivity index (χ0v) is 10.8. The molecular formula is C12H12Cl2N2O. The smallest absolute Gasteiger partial charge is 0.0952 e. The number of hydrogen-bond donors (Lipinski definition) is 1. The SMILES string of the molecule is CN(Cc1ccoc1)c1cc(Cl)c(Cl)cc1N. The van der Waals surface area contributed by atoms with Crippen LogP contribution in [0.15, 0.2) is 35.1 Å². The molecule has 0 saturated carbocycles. The zero-order valence-electron chi connectivity index (χ0n) is 9.28. The minimum atomic E-state index is 0.463. The van der Waals surface area contributed by atoms with Crippen LogP contribution in [-0.4, -0.2) is 7.05 Å². The fraction of sp³-hybridized carbons (Fsp3) is 0.167. The Morgan fingerprint density at radius 1 is 1.29 bits per heavy atom. The molecule has 0 aliphatic heterocycles. The lowest BCUT2D eigenvalue weighted by Gasteiger charge is -2.21. The molecule has 0 spiro atoms. The minimum Gasteiger partial charge on any atom is -0.472 e. The highest BCUT2D eigenvalue weighted by Crippen LogP contribution is 2.33. The molecule has 2 rings (SSSR count). The van der Waals surface area contributed by atoms with Crippen LogP contribution in [0.4, 0.5) is 11.4 Å². The Bertz CT molecular complexity index is 511. The van der Waals surface area contributed by atoms with E-state index in [1.165, 1.54) is 0 Å². The third-order valence-corrected chi connectivity index (χ3v) is 3.20. The Morgan fingerprint density at radius 3 is 2.65 bits per heavy atom. The van der Waals surface area contributed by atoms with Crippen LogP contribution in [0.2, 0.25) is 10.0 Å². The maximum Gasteiger partial charge on any atom is 0.0952 e. The van der Waals surface area contributed by atoms with Crippen molar-refractivity contribution in [1.82, 2.24) is 0 Å². The second-order valence-electron chi connectivity index (χ2n) is 3.81. The molecule has 0 aliphatic carbocycles. The number of anilines is 2. The summed E-state index contributed by atoms with van der Waals surface area (Å²) in [5.74, 6) is 0. The van der Waals surface area contributed by atoms with Crippen molar-refractivity contribution in [2.24, 2.45) is 0 Å². The fourth-order valence-electron chi connectivity index (χ4n) is 1.62. The van der Waals surface area contributed by atoms with Crippen LogP contribution >= 0.6 is 23.2 Å². The number of hydrogen-bond acceptors (Lipinski definition) is 3. The largest absolute Gasteiger partial charge is 0.472 e. The highest BCUT2D eigenvalue weighted by Gasteiger charge is 2.10. The van der Waals surface area contributed by atoms with Gasteiger partial charge in [-0.15, -0.1) is 0 Å². The number of nitrogens with zero attached hydrogens (tertiary/aromatic N) is 1. The van der Waals surface area contributed by atoms with Crippen LogP contribution in [0.1, 0.15) is 5.56 Å². The first-order valence-corrected chi connectivity index (χ1v) is 5.80. The molecule has 3 nitrogen and oxygen atoms in total. The van der Waals surface area contributed by atoms with Gasteiger partial charge in [0.1, 0.15) is 0 Å². The van der Waals surface area contributed by atoms with Crippen molar-refractivity contribution in [3.05, 3.63) is 46.3 Å². The Hall–Kier alpha value is -1.32. The summed E-state index contributed by atoms with van der Waals surface area (Å²) in [6.07, 6.45) is 3.34. The molecule has 0 radical (unpaired) electrons. The lowest BCUT2D eigenvalue weighted by Crippen LogP contribution is -2.17. The van der Waals surface area contributed by atoms with Crippen molar-refractivity contribution >= 4 is 34.6 Å². The van der Waals surface area contributed by atoms with Crippen molar-refractivity contribution < 1.29 is 4.42 Å². The van der Waals surface area contributed by atoms with E-state index in [2.05, 4.69) is 0 Å². The van der Waals surface area contributed by atoms with E-state index in [0.29, 0.717) is 22.3 Å². The third kappa shape index (κ3) is 2.68. The summed E-state index contributed by atoms with van der Waals surface area (Å²) >= 11 is 11.9. The predicted octanol–water partition coefficient (Wildman–Crippen LogP) is 3.81. The van der Waals surface area contributed by atoms with Crippen LogP contribution in [-0.2, 0) is 6.54 Å². The molecule has 1 aromatic carbocycles. The quantitative estimate of drug-likeness (QED) is 0.863. The van der Waals surface area contributed by atoms with E-state index in [-0.39, 0.29) is 0 Å². The van der Waals surface area contributed by atoms with Crippen molar-refractivity contribution in [1.29, 1.82) is 0 Å². The van der Waals surface area contributed by atoms with Gasteiger partial charge in [0.05, 0.1) is 33.9 Å². The molecule has 0 amide bonds. The minimum absolute atomic E-state index is 0.463.